The number of urea groups is 1. The van der Waals surface area contributed by atoms with Gasteiger partial charge in [-0.25, -0.2) is 9.59 Å². The zero-order valence-corrected chi connectivity index (χ0v) is 9.69. The van der Waals surface area contributed by atoms with E-state index in [1.807, 2.05) is 0 Å². The Bertz CT molecular complexity index is 425. The van der Waals surface area contributed by atoms with E-state index < -0.39 is 12.0 Å². The van der Waals surface area contributed by atoms with Crippen molar-refractivity contribution in [2.24, 2.45) is 0 Å². The number of rotatable bonds is 2. The van der Waals surface area contributed by atoms with Crippen molar-refractivity contribution >= 4 is 40.9 Å². The molecule has 0 atom stereocenters. The Morgan fingerprint density at radius 1 is 1.25 bits per heavy atom. The second kappa shape index (κ2) is 5.05. The van der Waals surface area contributed by atoms with E-state index >= 15 is 0 Å². The molecule has 86 valence electrons. The second-order valence-corrected chi connectivity index (χ2v) is 3.64. The smallest absolute Gasteiger partial charge is 0.335 e. The van der Waals surface area contributed by atoms with Gasteiger partial charge in [0.1, 0.15) is 0 Å². The van der Waals surface area contributed by atoms with Gasteiger partial charge in [-0.1, -0.05) is 23.2 Å². The first-order valence-corrected chi connectivity index (χ1v) is 4.92. The summed E-state index contributed by atoms with van der Waals surface area (Å²) in [5, 5.41) is 13.6. The minimum absolute atomic E-state index is 0.0440. The maximum Gasteiger partial charge on any atom is 0.335 e. The molecule has 3 N–H and O–H groups in total. The summed E-state index contributed by atoms with van der Waals surface area (Å²) in [7, 11) is 1.43. The highest BCUT2D eigenvalue weighted by Crippen LogP contribution is 2.31. The molecule has 1 aromatic rings. The van der Waals surface area contributed by atoms with Gasteiger partial charge >= 0.3 is 12.0 Å². The summed E-state index contributed by atoms with van der Waals surface area (Å²) in [5.41, 5.74) is 0.130. The van der Waals surface area contributed by atoms with E-state index in [2.05, 4.69) is 10.6 Å². The lowest BCUT2D eigenvalue weighted by molar-refractivity contribution is 0.0697. The fraction of sp³-hybridized carbons (Fsp3) is 0.111. The van der Waals surface area contributed by atoms with E-state index in [-0.39, 0.29) is 21.3 Å². The number of hydrogen-bond donors (Lipinski definition) is 3. The minimum atomic E-state index is -1.14. The molecule has 0 heterocycles. The van der Waals surface area contributed by atoms with Gasteiger partial charge in [-0.05, 0) is 12.1 Å². The minimum Gasteiger partial charge on any atom is -0.478 e. The fourth-order valence-corrected chi connectivity index (χ4v) is 1.57. The first kappa shape index (κ1) is 12.6. The number of hydrogen-bond acceptors (Lipinski definition) is 2. The number of halogens is 2. The van der Waals surface area contributed by atoms with Gasteiger partial charge in [0, 0.05) is 7.05 Å². The highest BCUT2D eigenvalue weighted by atomic mass is 35.5. The number of nitrogens with one attached hydrogen (secondary N) is 2. The molecule has 0 saturated heterocycles. The van der Waals surface area contributed by atoms with Crippen LogP contribution in [0.15, 0.2) is 12.1 Å². The average Bonchev–Trinajstić information content (AvgIpc) is 2.22. The van der Waals surface area contributed by atoms with Gasteiger partial charge < -0.3 is 15.7 Å². The standard InChI is InChI=1S/C9H8Cl2N2O3/c1-12-9(16)13-7-5(10)2-4(8(14)15)3-6(7)11/h2-3H,1H3,(H,14,15)(H2,12,13,16). The summed E-state index contributed by atoms with van der Waals surface area (Å²) in [5.74, 6) is -1.14. The number of carbonyl (C=O) groups is 2. The molecule has 1 rings (SSSR count). The molecule has 0 spiro atoms. The lowest BCUT2D eigenvalue weighted by Crippen LogP contribution is -2.24. The van der Waals surface area contributed by atoms with Crippen LogP contribution in [0.3, 0.4) is 0 Å². The Labute approximate surface area is 101 Å². The number of aromatic carboxylic acids is 1. The van der Waals surface area contributed by atoms with Gasteiger partial charge in [0.2, 0.25) is 0 Å². The molecule has 7 heteroatoms. The molecule has 0 unspecified atom stereocenters. The Balaban J connectivity index is 3.12. The van der Waals surface area contributed by atoms with Crippen LogP contribution in [-0.2, 0) is 0 Å². The van der Waals surface area contributed by atoms with Crippen LogP contribution in [0, 0.1) is 0 Å². The summed E-state index contributed by atoms with van der Waals surface area (Å²) < 4.78 is 0. The van der Waals surface area contributed by atoms with Crippen LogP contribution in [-0.4, -0.2) is 24.2 Å². The van der Waals surface area contributed by atoms with Gasteiger partial charge in [-0.15, -0.1) is 0 Å². The van der Waals surface area contributed by atoms with Gasteiger partial charge in [0.05, 0.1) is 21.3 Å². The van der Waals surface area contributed by atoms with E-state index in [9.17, 15) is 9.59 Å². The summed E-state index contributed by atoms with van der Waals surface area (Å²) in [4.78, 5) is 21.7. The van der Waals surface area contributed by atoms with E-state index in [0.29, 0.717) is 0 Å². The van der Waals surface area contributed by atoms with Crippen molar-refractivity contribution in [3.8, 4) is 0 Å². The number of carbonyl (C=O) groups excluding carboxylic acids is 1. The molecule has 0 aliphatic heterocycles. The van der Waals surface area contributed by atoms with Crippen molar-refractivity contribution in [1.82, 2.24) is 5.32 Å². The SMILES string of the molecule is CNC(=O)Nc1c(Cl)cc(C(=O)O)cc1Cl. The molecule has 0 aromatic heterocycles. The summed E-state index contributed by atoms with van der Waals surface area (Å²) in [6.45, 7) is 0. The van der Waals surface area contributed by atoms with Crippen molar-refractivity contribution in [1.29, 1.82) is 0 Å². The van der Waals surface area contributed by atoms with Crippen molar-refractivity contribution in [2.75, 3.05) is 12.4 Å². The normalized spacial score (nSPS) is 9.69. The maximum atomic E-state index is 11.0. The summed E-state index contributed by atoms with van der Waals surface area (Å²) >= 11 is 11.6. The van der Waals surface area contributed by atoms with Gasteiger partial charge in [0.15, 0.2) is 0 Å². The zero-order chi connectivity index (χ0) is 12.3. The molecule has 5 nitrogen and oxygen atoms in total. The quantitative estimate of drug-likeness (QED) is 0.766. The largest absolute Gasteiger partial charge is 0.478 e. The molecule has 0 aliphatic carbocycles. The number of anilines is 1. The maximum absolute atomic E-state index is 11.0. The third kappa shape index (κ3) is 2.77. The predicted molar refractivity (Wildman–Crippen MR) is 61.5 cm³/mol. The Kier molecular flexibility index (Phi) is 3.98. The van der Waals surface area contributed by atoms with Gasteiger partial charge in [-0.2, -0.15) is 0 Å². The molecular formula is C9H8Cl2N2O3. The highest BCUT2D eigenvalue weighted by molar-refractivity contribution is 6.40. The first-order valence-electron chi connectivity index (χ1n) is 4.16. The van der Waals surface area contributed by atoms with Crippen LogP contribution in [0.2, 0.25) is 10.0 Å². The molecule has 0 fully saturated rings. The van der Waals surface area contributed by atoms with E-state index in [0.717, 1.165) is 0 Å². The van der Waals surface area contributed by atoms with Crippen molar-refractivity contribution in [3.05, 3.63) is 27.7 Å². The number of amides is 2. The van der Waals surface area contributed by atoms with Gasteiger partial charge in [0.25, 0.3) is 0 Å². The van der Waals surface area contributed by atoms with Crippen LogP contribution in [0.1, 0.15) is 10.4 Å². The Morgan fingerprint density at radius 2 is 1.75 bits per heavy atom. The number of carboxylic acid groups (broad SMARTS) is 1. The Hall–Kier alpha value is -1.46. The number of carboxylic acids is 1. The van der Waals surface area contributed by atoms with Crippen LogP contribution < -0.4 is 10.6 Å². The highest BCUT2D eigenvalue weighted by Gasteiger charge is 2.13. The van der Waals surface area contributed by atoms with Gasteiger partial charge in [-0.3, -0.25) is 0 Å². The third-order valence-electron chi connectivity index (χ3n) is 1.75. The van der Waals surface area contributed by atoms with E-state index in [1.165, 1.54) is 19.2 Å². The van der Waals surface area contributed by atoms with Crippen molar-refractivity contribution < 1.29 is 14.7 Å². The van der Waals surface area contributed by atoms with E-state index in [1.54, 1.807) is 0 Å². The summed E-state index contributed by atoms with van der Waals surface area (Å²) in [6.07, 6.45) is 0. The van der Waals surface area contributed by atoms with Crippen molar-refractivity contribution in [2.45, 2.75) is 0 Å². The molecular weight excluding hydrogens is 255 g/mol. The average molecular weight is 263 g/mol. The second-order valence-electron chi connectivity index (χ2n) is 2.82. The molecule has 0 aliphatic rings. The molecule has 0 radical (unpaired) electrons. The number of benzene rings is 1. The lowest BCUT2D eigenvalue weighted by atomic mass is 10.2. The molecule has 0 bridgehead atoms. The van der Waals surface area contributed by atoms with Crippen LogP contribution in [0.25, 0.3) is 0 Å². The summed E-state index contributed by atoms with van der Waals surface area (Å²) in [6, 6.07) is 1.93. The third-order valence-corrected chi connectivity index (χ3v) is 2.35. The fourth-order valence-electron chi connectivity index (χ4n) is 0.992. The predicted octanol–water partition coefficient (Wildman–Crippen LogP) is 2.44. The molecule has 16 heavy (non-hydrogen) atoms. The molecule has 0 saturated carbocycles. The van der Waals surface area contributed by atoms with Crippen LogP contribution in [0.4, 0.5) is 10.5 Å². The zero-order valence-electron chi connectivity index (χ0n) is 8.17. The Morgan fingerprint density at radius 3 is 2.12 bits per heavy atom. The molecule has 2 amide bonds. The van der Waals surface area contributed by atoms with Crippen LogP contribution in [0.5, 0.6) is 0 Å². The first-order chi connectivity index (χ1) is 7.45. The molecule has 1 aromatic carbocycles. The van der Waals surface area contributed by atoms with E-state index in [4.69, 9.17) is 28.3 Å². The monoisotopic (exact) mass is 262 g/mol. The lowest BCUT2D eigenvalue weighted by Gasteiger charge is -2.09. The van der Waals surface area contributed by atoms with Crippen molar-refractivity contribution in [3.63, 3.8) is 0 Å². The topological polar surface area (TPSA) is 78.4 Å². The van der Waals surface area contributed by atoms with Crippen LogP contribution >= 0.6 is 23.2 Å².